The Bertz CT molecular complexity index is 1340. The van der Waals surface area contributed by atoms with Gasteiger partial charge in [-0.25, -0.2) is 4.98 Å². The number of nitrogens with one attached hydrogen (secondary N) is 3. The highest BCUT2D eigenvalue weighted by molar-refractivity contribution is 6.58. The number of rotatable bonds is 8. The predicted molar refractivity (Wildman–Crippen MR) is 144 cm³/mol. The molecule has 1 fully saturated rings. The van der Waals surface area contributed by atoms with Crippen molar-refractivity contribution >= 4 is 46.9 Å². The third-order valence-electron chi connectivity index (χ3n) is 6.84. The Morgan fingerprint density at radius 1 is 1.03 bits per heavy atom. The number of ether oxygens (including phenoxy) is 1. The smallest absolute Gasteiger partial charge is 0.488 e. The number of methoxy groups -OCH3 is 1. The molecule has 1 aromatic heterocycles. The second-order valence-corrected chi connectivity index (χ2v) is 9.36. The van der Waals surface area contributed by atoms with Gasteiger partial charge in [-0.15, -0.1) is 0 Å². The number of nitrogens with zero attached hydrogens (tertiary/aromatic N) is 1. The lowest BCUT2D eigenvalue weighted by Crippen LogP contribution is -2.50. The molecule has 4 rings (SSSR count). The van der Waals surface area contributed by atoms with Crippen LogP contribution in [0, 0.1) is 5.92 Å². The number of carbonyl (C=O) groups is 3. The van der Waals surface area contributed by atoms with Crippen LogP contribution in [0.3, 0.4) is 0 Å². The highest BCUT2D eigenvalue weighted by Gasteiger charge is 2.31. The topological polar surface area (TPSA) is 150 Å². The van der Waals surface area contributed by atoms with E-state index in [1.165, 1.54) is 38.4 Å². The van der Waals surface area contributed by atoms with Gasteiger partial charge in [0, 0.05) is 29.8 Å². The number of hydrogen-bond donors (Lipinski definition) is 5. The van der Waals surface area contributed by atoms with Gasteiger partial charge in [-0.2, -0.15) is 0 Å². The van der Waals surface area contributed by atoms with E-state index in [1.807, 2.05) is 12.1 Å². The molecule has 11 heteroatoms. The van der Waals surface area contributed by atoms with Crippen LogP contribution >= 0.6 is 0 Å². The van der Waals surface area contributed by atoms with Gasteiger partial charge in [-0.05, 0) is 54.6 Å². The normalized spacial score (nSPS) is 14.4. The van der Waals surface area contributed by atoms with Crippen molar-refractivity contribution in [2.45, 2.75) is 38.1 Å². The Morgan fingerprint density at radius 3 is 2.45 bits per heavy atom. The molecule has 1 atom stereocenters. The van der Waals surface area contributed by atoms with E-state index in [4.69, 9.17) is 4.74 Å². The molecular weight excluding hydrogens is 487 g/mol. The molecule has 3 amide bonds. The molecule has 0 unspecified atom stereocenters. The first-order valence-electron chi connectivity index (χ1n) is 12.6. The Kier molecular flexibility index (Phi) is 8.60. The Labute approximate surface area is 220 Å². The van der Waals surface area contributed by atoms with Crippen molar-refractivity contribution in [1.29, 1.82) is 0 Å². The fourth-order valence-corrected chi connectivity index (χ4v) is 4.87. The Morgan fingerprint density at radius 2 is 1.76 bits per heavy atom. The van der Waals surface area contributed by atoms with E-state index in [-0.39, 0.29) is 34.2 Å². The molecule has 3 aromatic rings. The third kappa shape index (κ3) is 6.12. The SMILES string of the molecule is CNC(=O)[C@@H](NC(=O)c1cc(NC(=O)c2cc(OC)c3ccccc3n2)cc(B(O)O)c1)C1CCCCC1. The van der Waals surface area contributed by atoms with Gasteiger partial charge in [-0.1, -0.05) is 31.4 Å². The number of pyridine rings is 1. The molecular formula is C27H31BN4O6. The number of fused-ring (bicyclic) bond motifs is 1. The summed E-state index contributed by atoms with van der Waals surface area (Å²) < 4.78 is 5.41. The summed E-state index contributed by atoms with van der Waals surface area (Å²) in [5.74, 6) is -0.938. The quantitative estimate of drug-likeness (QED) is 0.284. The van der Waals surface area contributed by atoms with Crippen LogP contribution in [0.25, 0.3) is 10.9 Å². The first kappa shape index (κ1) is 27.1. The maximum absolute atomic E-state index is 13.2. The van der Waals surface area contributed by atoms with Crippen LogP contribution in [0.5, 0.6) is 5.75 Å². The molecule has 0 spiro atoms. The Balaban J connectivity index is 1.60. The van der Waals surface area contributed by atoms with E-state index in [1.54, 1.807) is 12.1 Å². The van der Waals surface area contributed by atoms with Crippen LogP contribution in [-0.2, 0) is 4.79 Å². The second kappa shape index (κ2) is 12.1. The molecule has 38 heavy (non-hydrogen) atoms. The van der Waals surface area contributed by atoms with Crippen molar-refractivity contribution in [1.82, 2.24) is 15.6 Å². The van der Waals surface area contributed by atoms with Crippen LogP contribution in [0.1, 0.15) is 53.0 Å². The minimum absolute atomic E-state index is 0.00570. The van der Waals surface area contributed by atoms with Crippen molar-refractivity contribution < 1.29 is 29.2 Å². The standard InChI is InChI=1S/C27H31BN4O6/c1-29-27(35)24(16-8-4-3-5-9-16)32-25(33)17-12-18(28(36)37)14-19(13-17)30-26(34)22-15-23(38-2)20-10-6-7-11-21(20)31-22/h6-7,10-16,24,36-37H,3-5,8-9H2,1-2H3,(H,29,35)(H,30,34)(H,32,33)/t24-/m0/s1. The molecule has 0 bridgehead atoms. The fraction of sp³-hybridized carbons (Fsp3) is 0.333. The number of para-hydroxylation sites is 1. The van der Waals surface area contributed by atoms with Gasteiger partial charge in [-0.3, -0.25) is 14.4 Å². The summed E-state index contributed by atoms with van der Waals surface area (Å²) in [5.41, 5.74) is 0.887. The molecule has 1 heterocycles. The number of benzene rings is 2. The fourth-order valence-electron chi connectivity index (χ4n) is 4.87. The van der Waals surface area contributed by atoms with Gasteiger partial charge in [0.05, 0.1) is 12.6 Å². The van der Waals surface area contributed by atoms with Crippen molar-refractivity contribution in [3.05, 3.63) is 59.8 Å². The number of amides is 3. The minimum Gasteiger partial charge on any atom is -0.496 e. The second-order valence-electron chi connectivity index (χ2n) is 9.36. The summed E-state index contributed by atoms with van der Waals surface area (Å²) in [6.07, 6.45) is 4.74. The molecule has 5 N–H and O–H groups in total. The van der Waals surface area contributed by atoms with Crippen LogP contribution in [0.2, 0.25) is 0 Å². The number of likely N-dealkylation sites (N-methyl/N-ethyl adjacent to an activating group) is 1. The molecule has 1 aliphatic rings. The summed E-state index contributed by atoms with van der Waals surface area (Å²) in [7, 11) is 1.14. The average Bonchev–Trinajstić information content (AvgIpc) is 2.94. The summed E-state index contributed by atoms with van der Waals surface area (Å²) in [4.78, 5) is 43.3. The van der Waals surface area contributed by atoms with Gasteiger partial charge in [0.2, 0.25) is 5.91 Å². The highest BCUT2D eigenvalue weighted by Crippen LogP contribution is 2.27. The molecule has 1 saturated carbocycles. The summed E-state index contributed by atoms with van der Waals surface area (Å²) in [6, 6.07) is 12.1. The van der Waals surface area contributed by atoms with E-state index in [0.29, 0.717) is 11.3 Å². The predicted octanol–water partition coefficient (Wildman–Crippen LogP) is 1.60. The largest absolute Gasteiger partial charge is 0.496 e. The highest BCUT2D eigenvalue weighted by atomic mass is 16.5. The van der Waals surface area contributed by atoms with Gasteiger partial charge >= 0.3 is 7.12 Å². The number of hydrogen-bond acceptors (Lipinski definition) is 7. The third-order valence-corrected chi connectivity index (χ3v) is 6.84. The van der Waals surface area contributed by atoms with Gasteiger partial charge in [0.15, 0.2) is 0 Å². The molecule has 0 saturated heterocycles. The van der Waals surface area contributed by atoms with Crippen LogP contribution in [0.15, 0.2) is 48.5 Å². The zero-order valence-electron chi connectivity index (χ0n) is 21.4. The van der Waals surface area contributed by atoms with Gasteiger partial charge < -0.3 is 30.7 Å². The average molecular weight is 518 g/mol. The summed E-state index contributed by atoms with van der Waals surface area (Å²) >= 11 is 0. The van der Waals surface area contributed by atoms with Crippen molar-refractivity contribution in [2.24, 2.45) is 5.92 Å². The van der Waals surface area contributed by atoms with Gasteiger partial charge in [0.1, 0.15) is 17.5 Å². The summed E-state index contributed by atoms with van der Waals surface area (Å²) in [6.45, 7) is 0. The zero-order valence-corrected chi connectivity index (χ0v) is 21.4. The van der Waals surface area contributed by atoms with E-state index in [0.717, 1.165) is 37.5 Å². The Hall–Kier alpha value is -3.96. The molecule has 0 radical (unpaired) electrons. The maximum atomic E-state index is 13.2. The lowest BCUT2D eigenvalue weighted by molar-refractivity contribution is -0.124. The molecule has 10 nitrogen and oxygen atoms in total. The van der Waals surface area contributed by atoms with Crippen molar-refractivity contribution in [2.75, 3.05) is 19.5 Å². The lowest BCUT2D eigenvalue weighted by atomic mass is 9.79. The molecule has 2 aromatic carbocycles. The minimum atomic E-state index is -1.88. The zero-order chi connectivity index (χ0) is 27.2. The molecule has 198 valence electrons. The van der Waals surface area contributed by atoms with Crippen LogP contribution in [-0.4, -0.2) is 60.1 Å². The number of aromatic nitrogens is 1. The van der Waals surface area contributed by atoms with Gasteiger partial charge in [0.25, 0.3) is 11.8 Å². The number of carbonyl (C=O) groups excluding carboxylic acids is 3. The van der Waals surface area contributed by atoms with E-state index in [9.17, 15) is 24.4 Å². The molecule has 1 aliphatic carbocycles. The first-order valence-corrected chi connectivity index (χ1v) is 12.6. The van der Waals surface area contributed by atoms with E-state index < -0.39 is 25.0 Å². The van der Waals surface area contributed by atoms with E-state index >= 15 is 0 Å². The maximum Gasteiger partial charge on any atom is 0.488 e. The van der Waals surface area contributed by atoms with Crippen LogP contribution in [0.4, 0.5) is 5.69 Å². The monoisotopic (exact) mass is 518 g/mol. The summed E-state index contributed by atoms with van der Waals surface area (Å²) in [5, 5.41) is 28.5. The van der Waals surface area contributed by atoms with Crippen molar-refractivity contribution in [3.63, 3.8) is 0 Å². The van der Waals surface area contributed by atoms with Crippen molar-refractivity contribution in [3.8, 4) is 5.75 Å². The number of anilines is 1. The molecule has 0 aliphatic heterocycles. The first-order chi connectivity index (χ1) is 18.3. The lowest BCUT2D eigenvalue weighted by Gasteiger charge is -2.29. The van der Waals surface area contributed by atoms with E-state index in [2.05, 4.69) is 20.9 Å². The van der Waals surface area contributed by atoms with Crippen LogP contribution < -0.4 is 26.2 Å².